The molecule has 0 fully saturated rings. The maximum atomic E-state index is 13.5. The van der Waals surface area contributed by atoms with Crippen LogP contribution in [0.2, 0.25) is 0 Å². The van der Waals surface area contributed by atoms with Crippen LogP contribution >= 0.6 is 11.3 Å². The lowest BCUT2D eigenvalue weighted by molar-refractivity contribution is 0.0960. The minimum absolute atomic E-state index is 0.188. The number of nitrogens with zero attached hydrogens (tertiary/aromatic N) is 2. The largest absolute Gasteiger partial charge is 0.451 e. The van der Waals surface area contributed by atoms with Gasteiger partial charge in [-0.3, -0.25) is 9.69 Å². The molecule has 1 amide bonds. The molecule has 0 spiro atoms. The maximum absolute atomic E-state index is 13.5. The van der Waals surface area contributed by atoms with Crippen LogP contribution in [0.5, 0.6) is 0 Å². The van der Waals surface area contributed by atoms with Crippen LogP contribution in [0.15, 0.2) is 83.3 Å². The van der Waals surface area contributed by atoms with Gasteiger partial charge in [-0.1, -0.05) is 78.9 Å². The first kappa shape index (κ1) is 18.6. The highest BCUT2D eigenvalue weighted by atomic mass is 32.1. The van der Waals surface area contributed by atoms with Crippen LogP contribution < -0.4 is 4.90 Å². The van der Waals surface area contributed by atoms with E-state index in [1.54, 1.807) is 11.0 Å². The van der Waals surface area contributed by atoms with E-state index in [1.807, 2.05) is 60.7 Å². The number of carbonyl (C=O) groups is 1. The van der Waals surface area contributed by atoms with Crippen molar-refractivity contribution in [3.05, 3.63) is 95.7 Å². The van der Waals surface area contributed by atoms with Crippen molar-refractivity contribution >= 4 is 43.6 Å². The van der Waals surface area contributed by atoms with Gasteiger partial charge in [-0.05, 0) is 35.7 Å². The van der Waals surface area contributed by atoms with E-state index in [9.17, 15) is 4.79 Å². The fourth-order valence-corrected chi connectivity index (χ4v) is 4.62. The number of benzene rings is 3. The summed E-state index contributed by atoms with van der Waals surface area (Å²) in [5.74, 6) is 0.134. The van der Waals surface area contributed by atoms with Gasteiger partial charge >= 0.3 is 0 Å². The highest BCUT2D eigenvalue weighted by Gasteiger charge is 2.25. The number of anilines is 1. The Kier molecular flexibility index (Phi) is 4.81. The van der Waals surface area contributed by atoms with Crippen LogP contribution in [-0.2, 0) is 13.0 Å². The molecule has 0 N–H and O–H groups in total. The van der Waals surface area contributed by atoms with Crippen molar-refractivity contribution in [3.63, 3.8) is 0 Å². The normalized spacial score (nSPS) is 11.2. The van der Waals surface area contributed by atoms with Crippen molar-refractivity contribution in [1.29, 1.82) is 0 Å². The monoisotopic (exact) mass is 412 g/mol. The Morgan fingerprint density at radius 1 is 1.00 bits per heavy atom. The van der Waals surface area contributed by atoms with Crippen molar-refractivity contribution in [3.8, 4) is 0 Å². The maximum Gasteiger partial charge on any atom is 0.296 e. The van der Waals surface area contributed by atoms with E-state index in [1.165, 1.54) is 16.9 Å². The van der Waals surface area contributed by atoms with E-state index in [4.69, 9.17) is 9.40 Å². The molecular formula is C25H20N2O2S. The third kappa shape index (κ3) is 3.37. The zero-order valence-corrected chi connectivity index (χ0v) is 17.4. The van der Waals surface area contributed by atoms with Crippen LogP contribution in [-0.4, -0.2) is 10.9 Å². The van der Waals surface area contributed by atoms with Gasteiger partial charge in [0.15, 0.2) is 10.9 Å². The number of aryl methyl sites for hydroxylation is 1. The Hall–Kier alpha value is -3.44. The third-order valence-corrected chi connectivity index (χ3v) is 6.21. The fourth-order valence-electron chi connectivity index (χ4n) is 3.61. The summed E-state index contributed by atoms with van der Waals surface area (Å²) in [5, 5.41) is 1.60. The molecule has 4 nitrogen and oxygen atoms in total. The Morgan fingerprint density at radius 2 is 1.80 bits per heavy atom. The Morgan fingerprint density at radius 3 is 2.60 bits per heavy atom. The summed E-state index contributed by atoms with van der Waals surface area (Å²) in [5.41, 5.74) is 3.90. The van der Waals surface area contributed by atoms with Crippen LogP contribution in [0, 0.1) is 0 Å². The first-order chi connectivity index (χ1) is 14.7. The number of hydrogen-bond acceptors (Lipinski definition) is 4. The molecule has 0 saturated carbocycles. The summed E-state index contributed by atoms with van der Waals surface area (Å²) in [6, 6.07) is 25.6. The quantitative estimate of drug-likeness (QED) is 0.333. The molecule has 2 heterocycles. The van der Waals surface area contributed by atoms with Gasteiger partial charge in [0.2, 0.25) is 0 Å². The highest BCUT2D eigenvalue weighted by molar-refractivity contribution is 7.22. The van der Waals surface area contributed by atoms with Gasteiger partial charge in [-0.25, -0.2) is 4.98 Å². The molecule has 0 saturated heterocycles. The second kappa shape index (κ2) is 7.76. The first-order valence-corrected chi connectivity index (χ1v) is 10.8. The number of rotatable bonds is 5. The van der Waals surface area contributed by atoms with Crippen LogP contribution in [0.25, 0.3) is 21.2 Å². The SMILES string of the molecule is CCc1cccc2sc(N(Cc3ccccc3)C(=O)c3cc4ccccc4o3)nc12. The van der Waals surface area contributed by atoms with E-state index in [0.717, 1.165) is 27.6 Å². The topological polar surface area (TPSA) is 46.3 Å². The van der Waals surface area contributed by atoms with Crippen molar-refractivity contribution < 1.29 is 9.21 Å². The summed E-state index contributed by atoms with van der Waals surface area (Å²) < 4.78 is 6.96. The lowest BCUT2D eigenvalue weighted by atomic mass is 10.1. The van der Waals surface area contributed by atoms with E-state index in [0.29, 0.717) is 23.0 Å². The van der Waals surface area contributed by atoms with Gasteiger partial charge in [-0.2, -0.15) is 0 Å². The standard InChI is InChI=1S/C25H20N2O2S/c1-2-18-12-8-14-22-23(18)26-25(30-22)27(16-17-9-4-3-5-10-17)24(28)21-15-19-11-6-7-13-20(19)29-21/h3-15H,2,16H2,1H3. The van der Waals surface area contributed by atoms with Gasteiger partial charge in [0.05, 0.1) is 16.8 Å². The second-order valence-corrected chi connectivity index (χ2v) is 8.15. The van der Waals surface area contributed by atoms with Crippen molar-refractivity contribution in [2.24, 2.45) is 0 Å². The number of hydrogen-bond donors (Lipinski definition) is 0. The van der Waals surface area contributed by atoms with Crippen LogP contribution in [0.1, 0.15) is 28.6 Å². The van der Waals surface area contributed by atoms with Crippen molar-refractivity contribution in [2.45, 2.75) is 19.9 Å². The minimum atomic E-state index is -0.188. The summed E-state index contributed by atoms with van der Waals surface area (Å²) in [4.78, 5) is 20.1. The molecule has 5 aromatic rings. The zero-order valence-electron chi connectivity index (χ0n) is 16.5. The predicted molar refractivity (Wildman–Crippen MR) is 122 cm³/mol. The van der Waals surface area contributed by atoms with Gasteiger partial charge < -0.3 is 4.42 Å². The smallest absolute Gasteiger partial charge is 0.296 e. The molecule has 0 aliphatic carbocycles. The molecule has 0 bridgehead atoms. The second-order valence-electron chi connectivity index (χ2n) is 7.14. The van der Waals surface area contributed by atoms with Crippen molar-refractivity contribution in [2.75, 3.05) is 4.90 Å². The molecule has 0 aliphatic rings. The number of fused-ring (bicyclic) bond motifs is 2. The molecule has 3 aromatic carbocycles. The van der Waals surface area contributed by atoms with E-state index in [-0.39, 0.29) is 5.91 Å². The number of carbonyl (C=O) groups excluding carboxylic acids is 1. The molecule has 148 valence electrons. The molecule has 0 radical (unpaired) electrons. The highest BCUT2D eigenvalue weighted by Crippen LogP contribution is 2.33. The number of furan rings is 1. The Balaban J connectivity index is 1.60. The summed E-state index contributed by atoms with van der Waals surface area (Å²) in [6.07, 6.45) is 0.900. The number of para-hydroxylation sites is 2. The summed E-state index contributed by atoms with van der Waals surface area (Å²) in [6.45, 7) is 2.55. The number of amides is 1. The molecule has 30 heavy (non-hydrogen) atoms. The lowest BCUT2D eigenvalue weighted by Crippen LogP contribution is -2.30. The van der Waals surface area contributed by atoms with E-state index < -0.39 is 0 Å². The van der Waals surface area contributed by atoms with Gasteiger partial charge in [-0.15, -0.1) is 0 Å². The van der Waals surface area contributed by atoms with E-state index in [2.05, 4.69) is 19.1 Å². The average molecular weight is 413 g/mol. The molecule has 0 aliphatic heterocycles. The van der Waals surface area contributed by atoms with E-state index >= 15 is 0 Å². The number of thiazole rings is 1. The average Bonchev–Trinajstić information content (AvgIpc) is 3.41. The first-order valence-electron chi connectivity index (χ1n) is 9.95. The molecule has 0 atom stereocenters. The molecule has 2 aromatic heterocycles. The zero-order chi connectivity index (χ0) is 20.5. The summed E-state index contributed by atoms with van der Waals surface area (Å²) in [7, 11) is 0. The number of aromatic nitrogens is 1. The van der Waals surface area contributed by atoms with Gasteiger partial charge in [0.1, 0.15) is 5.58 Å². The Labute approximate surface area is 178 Å². The Bertz CT molecular complexity index is 1300. The van der Waals surface area contributed by atoms with Crippen LogP contribution in [0.3, 0.4) is 0 Å². The van der Waals surface area contributed by atoms with Gasteiger partial charge in [0.25, 0.3) is 5.91 Å². The molecule has 0 unspecified atom stereocenters. The molecular weight excluding hydrogens is 392 g/mol. The third-order valence-electron chi connectivity index (χ3n) is 5.17. The molecule has 5 heteroatoms. The van der Waals surface area contributed by atoms with Crippen LogP contribution in [0.4, 0.5) is 5.13 Å². The minimum Gasteiger partial charge on any atom is -0.451 e. The lowest BCUT2D eigenvalue weighted by Gasteiger charge is -2.18. The van der Waals surface area contributed by atoms with Crippen molar-refractivity contribution in [1.82, 2.24) is 4.98 Å². The van der Waals surface area contributed by atoms with Gasteiger partial charge in [0, 0.05) is 5.39 Å². The summed E-state index contributed by atoms with van der Waals surface area (Å²) >= 11 is 1.54. The fraction of sp³-hybridized carbons (Fsp3) is 0.120. The molecule has 5 rings (SSSR count). The predicted octanol–water partition coefficient (Wildman–Crippen LogP) is 6.45.